The van der Waals surface area contributed by atoms with Gasteiger partial charge in [-0.25, -0.2) is 0 Å². The summed E-state index contributed by atoms with van der Waals surface area (Å²) in [4.78, 5) is 0. The average Bonchev–Trinajstić information content (AvgIpc) is 2.95. The molecular weight excluding hydrogens is 258 g/mol. The molecule has 2 nitrogen and oxygen atoms in total. The molecule has 114 valence electrons. The molecule has 1 aromatic rings. The zero-order valence-electron chi connectivity index (χ0n) is 13.5. The van der Waals surface area contributed by atoms with Gasteiger partial charge in [0.15, 0.2) is 0 Å². The zero-order valence-corrected chi connectivity index (χ0v) is 13.5. The Kier molecular flexibility index (Phi) is 3.00. The summed E-state index contributed by atoms with van der Waals surface area (Å²) in [5.41, 5.74) is 3.68. The molecular formula is C19H27NO. The third kappa shape index (κ3) is 1.99. The van der Waals surface area contributed by atoms with E-state index in [1.807, 2.05) is 0 Å². The maximum Gasteiger partial charge on any atom is 0.0721 e. The lowest BCUT2D eigenvalue weighted by Crippen LogP contribution is -2.52. The lowest BCUT2D eigenvalue weighted by molar-refractivity contribution is 0.0459. The van der Waals surface area contributed by atoms with Crippen LogP contribution in [0.3, 0.4) is 0 Å². The summed E-state index contributed by atoms with van der Waals surface area (Å²) >= 11 is 0. The van der Waals surface area contributed by atoms with Crippen LogP contribution in [0.5, 0.6) is 0 Å². The van der Waals surface area contributed by atoms with Crippen LogP contribution in [0.4, 0.5) is 0 Å². The van der Waals surface area contributed by atoms with Crippen LogP contribution in [0.1, 0.15) is 57.2 Å². The molecule has 0 saturated heterocycles. The summed E-state index contributed by atoms with van der Waals surface area (Å²) in [5.74, 6) is 0.889. The van der Waals surface area contributed by atoms with Crippen LogP contribution in [0.2, 0.25) is 0 Å². The van der Waals surface area contributed by atoms with Crippen LogP contribution in [0, 0.1) is 16.7 Å². The van der Waals surface area contributed by atoms with E-state index in [0.29, 0.717) is 22.9 Å². The third-order valence-electron chi connectivity index (χ3n) is 6.61. The van der Waals surface area contributed by atoms with Gasteiger partial charge in [0.2, 0.25) is 0 Å². The Hall–Kier alpha value is -0.860. The van der Waals surface area contributed by atoms with Crippen molar-refractivity contribution in [2.45, 2.75) is 58.7 Å². The molecule has 0 radical (unpaired) electrons. The summed E-state index contributed by atoms with van der Waals surface area (Å²) in [7, 11) is 0. The second kappa shape index (κ2) is 4.57. The van der Waals surface area contributed by atoms with E-state index >= 15 is 0 Å². The highest BCUT2D eigenvalue weighted by Gasteiger charge is 2.59. The first-order valence-electron chi connectivity index (χ1n) is 8.42. The molecule has 0 amide bonds. The molecule has 2 bridgehead atoms. The Morgan fingerprint density at radius 3 is 2.76 bits per heavy atom. The molecule has 0 spiro atoms. The Balaban J connectivity index is 1.62. The van der Waals surface area contributed by atoms with Crippen molar-refractivity contribution in [2.24, 2.45) is 16.7 Å². The van der Waals surface area contributed by atoms with E-state index in [1.54, 1.807) is 0 Å². The van der Waals surface area contributed by atoms with E-state index in [9.17, 15) is 0 Å². The molecule has 4 rings (SSSR count). The number of ether oxygens (including phenoxy) is 1. The van der Waals surface area contributed by atoms with Crippen LogP contribution in [-0.4, -0.2) is 12.6 Å². The van der Waals surface area contributed by atoms with Gasteiger partial charge in [-0.2, -0.15) is 0 Å². The molecule has 2 heteroatoms. The largest absolute Gasteiger partial charge is 0.375 e. The Labute approximate surface area is 128 Å². The molecule has 1 N–H and O–H groups in total. The molecule has 21 heavy (non-hydrogen) atoms. The molecule has 1 heterocycles. The SMILES string of the molecule is CC12CCC(C1)C(C)(C)C2NC1COCc2ccccc21. The molecule has 1 aromatic carbocycles. The maximum absolute atomic E-state index is 5.84. The van der Waals surface area contributed by atoms with Gasteiger partial charge >= 0.3 is 0 Å². The van der Waals surface area contributed by atoms with Gasteiger partial charge in [-0.15, -0.1) is 0 Å². The minimum atomic E-state index is 0.357. The number of nitrogens with one attached hydrogen (secondary N) is 1. The molecule has 2 aliphatic carbocycles. The van der Waals surface area contributed by atoms with Gasteiger partial charge in [-0.3, -0.25) is 0 Å². The predicted octanol–water partition coefficient (Wildman–Crippen LogP) is 4.06. The molecule has 0 aromatic heterocycles. The summed E-state index contributed by atoms with van der Waals surface area (Å²) < 4.78 is 5.84. The fraction of sp³-hybridized carbons (Fsp3) is 0.684. The number of hydrogen-bond acceptors (Lipinski definition) is 2. The van der Waals surface area contributed by atoms with Gasteiger partial charge in [-0.05, 0) is 47.1 Å². The first-order chi connectivity index (χ1) is 10.0. The monoisotopic (exact) mass is 285 g/mol. The van der Waals surface area contributed by atoms with Crippen molar-refractivity contribution in [3.05, 3.63) is 35.4 Å². The summed E-state index contributed by atoms with van der Waals surface area (Å²) in [6.45, 7) is 9.01. The summed E-state index contributed by atoms with van der Waals surface area (Å²) in [6, 6.07) is 9.72. The first kappa shape index (κ1) is 13.8. The van der Waals surface area contributed by atoms with E-state index in [4.69, 9.17) is 4.74 Å². The summed E-state index contributed by atoms with van der Waals surface area (Å²) in [6.07, 6.45) is 4.19. The second-order valence-corrected chi connectivity index (χ2v) is 8.28. The van der Waals surface area contributed by atoms with Crippen LogP contribution in [0.25, 0.3) is 0 Å². The number of benzene rings is 1. The van der Waals surface area contributed by atoms with E-state index in [1.165, 1.54) is 30.4 Å². The van der Waals surface area contributed by atoms with Crippen molar-refractivity contribution >= 4 is 0 Å². The maximum atomic E-state index is 5.84. The number of rotatable bonds is 2. The summed E-state index contributed by atoms with van der Waals surface area (Å²) in [5, 5.41) is 4.01. The fourth-order valence-electron chi connectivity index (χ4n) is 5.44. The number of fused-ring (bicyclic) bond motifs is 3. The Bertz CT molecular complexity index is 547. The van der Waals surface area contributed by atoms with Gasteiger partial charge in [0.25, 0.3) is 0 Å². The number of hydrogen-bond donors (Lipinski definition) is 1. The van der Waals surface area contributed by atoms with Crippen LogP contribution < -0.4 is 5.32 Å². The van der Waals surface area contributed by atoms with Crippen molar-refractivity contribution in [1.29, 1.82) is 0 Å². The quantitative estimate of drug-likeness (QED) is 0.884. The van der Waals surface area contributed by atoms with Crippen LogP contribution in [-0.2, 0) is 11.3 Å². The van der Waals surface area contributed by atoms with Crippen molar-refractivity contribution in [1.82, 2.24) is 5.32 Å². The van der Waals surface area contributed by atoms with E-state index < -0.39 is 0 Å². The lowest BCUT2D eigenvalue weighted by atomic mass is 9.68. The van der Waals surface area contributed by atoms with E-state index in [2.05, 4.69) is 50.4 Å². The smallest absolute Gasteiger partial charge is 0.0721 e. The average molecular weight is 285 g/mol. The minimum absolute atomic E-state index is 0.357. The van der Waals surface area contributed by atoms with Gasteiger partial charge in [0, 0.05) is 6.04 Å². The predicted molar refractivity (Wildman–Crippen MR) is 85.0 cm³/mol. The first-order valence-corrected chi connectivity index (χ1v) is 8.42. The van der Waals surface area contributed by atoms with Gasteiger partial charge in [0.05, 0.1) is 19.3 Å². The highest BCUT2D eigenvalue weighted by Crippen LogP contribution is 2.62. The minimum Gasteiger partial charge on any atom is -0.375 e. The van der Waals surface area contributed by atoms with E-state index in [0.717, 1.165) is 19.1 Å². The van der Waals surface area contributed by atoms with E-state index in [-0.39, 0.29) is 0 Å². The van der Waals surface area contributed by atoms with Crippen molar-refractivity contribution < 1.29 is 4.74 Å². The van der Waals surface area contributed by atoms with Gasteiger partial charge in [0.1, 0.15) is 0 Å². The standard InChI is InChI=1S/C19H27NO/c1-18(2)14-8-9-19(3,10-14)17(18)20-16-12-21-11-13-6-4-5-7-15(13)16/h4-7,14,16-17,20H,8-12H2,1-3H3. The van der Waals surface area contributed by atoms with Crippen LogP contribution in [0.15, 0.2) is 24.3 Å². The van der Waals surface area contributed by atoms with Crippen molar-refractivity contribution in [3.8, 4) is 0 Å². The van der Waals surface area contributed by atoms with Gasteiger partial charge < -0.3 is 10.1 Å². The molecule has 2 saturated carbocycles. The molecule has 2 fully saturated rings. The highest BCUT2D eigenvalue weighted by atomic mass is 16.5. The normalized spacial score (nSPS) is 40.2. The van der Waals surface area contributed by atoms with Crippen LogP contribution >= 0.6 is 0 Å². The highest BCUT2D eigenvalue weighted by molar-refractivity contribution is 5.31. The second-order valence-electron chi connectivity index (χ2n) is 8.28. The molecule has 3 aliphatic rings. The van der Waals surface area contributed by atoms with Crippen molar-refractivity contribution in [2.75, 3.05) is 6.61 Å². The van der Waals surface area contributed by atoms with Crippen molar-refractivity contribution in [3.63, 3.8) is 0 Å². The Morgan fingerprint density at radius 2 is 2.00 bits per heavy atom. The van der Waals surface area contributed by atoms with Gasteiger partial charge in [-0.1, -0.05) is 45.0 Å². The molecule has 4 atom stereocenters. The third-order valence-corrected chi connectivity index (χ3v) is 6.61. The zero-order chi connectivity index (χ0) is 14.7. The fourth-order valence-corrected chi connectivity index (χ4v) is 5.44. The molecule has 1 aliphatic heterocycles. The Morgan fingerprint density at radius 1 is 1.19 bits per heavy atom. The lowest BCUT2D eigenvalue weighted by Gasteiger charge is -2.45. The molecule has 4 unspecified atom stereocenters. The topological polar surface area (TPSA) is 21.3 Å².